The van der Waals surface area contributed by atoms with Gasteiger partial charge < -0.3 is 5.11 Å². The number of nitrogens with one attached hydrogen (secondary N) is 1. The first-order valence-electron chi connectivity index (χ1n) is 7.63. The lowest BCUT2D eigenvalue weighted by atomic mass is 9.84. The Morgan fingerprint density at radius 1 is 1.43 bits per heavy atom. The van der Waals surface area contributed by atoms with E-state index in [4.69, 9.17) is 5.11 Å². The van der Waals surface area contributed by atoms with E-state index in [0.29, 0.717) is 21.6 Å². The number of fused-ring (bicyclic) bond motifs is 2. The molecule has 118 valence electrons. The molecular formula is C15H23NO3S2. The van der Waals surface area contributed by atoms with Gasteiger partial charge in [-0.15, -0.1) is 11.3 Å². The van der Waals surface area contributed by atoms with Gasteiger partial charge in [0.1, 0.15) is 0 Å². The van der Waals surface area contributed by atoms with Crippen LogP contribution in [0.15, 0.2) is 11.0 Å². The molecule has 21 heavy (non-hydrogen) atoms. The van der Waals surface area contributed by atoms with Gasteiger partial charge in [0.25, 0.3) is 0 Å². The minimum absolute atomic E-state index is 0.0119. The van der Waals surface area contributed by atoms with E-state index in [2.05, 4.69) is 4.72 Å². The van der Waals surface area contributed by atoms with Crippen LogP contribution in [0.3, 0.4) is 0 Å². The third-order valence-corrected chi connectivity index (χ3v) is 7.99. The van der Waals surface area contributed by atoms with E-state index in [0.717, 1.165) is 10.8 Å². The molecule has 0 aliphatic heterocycles. The lowest BCUT2D eigenvalue weighted by Crippen LogP contribution is -2.40. The summed E-state index contributed by atoms with van der Waals surface area (Å²) in [6.07, 6.45) is 5.03. The Balaban J connectivity index is 1.75. The van der Waals surface area contributed by atoms with Crippen LogP contribution in [0.4, 0.5) is 0 Å². The van der Waals surface area contributed by atoms with Crippen LogP contribution in [0.5, 0.6) is 0 Å². The number of aliphatic hydroxyl groups excluding tert-OH is 1. The topological polar surface area (TPSA) is 66.4 Å². The van der Waals surface area contributed by atoms with E-state index in [1.165, 1.54) is 37.0 Å². The molecule has 4 nitrogen and oxygen atoms in total. The Morgan fingerprint density at radius 3 is 2.71 bits per heavy atom. The molecule has 2 aliphatic carbocycles. The number of hydrogen-bond donors (Lipinski definition) is 2. The molecule has 0 radical (unpaired) electrons. The van der Waals surface area contributed by atoms with Crippen molar-refractivity contribution < 1.29 is 13.5 Å². The van der Waals surface area contributed by atoms with Crippen molar-refractivity contribution in [3.05, 3.63) is 15.8 Å². The van der Waals surface area contributed by atoms with E-state index < -0.39 is 10.0 Å². The summed E-state index contributed by atoms with van der Waals surface area (Å²) in [7, 11) is -3.48. The Hall–Kier alpha value is -0.430. The van der Waals surface area contributed by atoms with E-state index in [-0.39, 0.29) is 12.6 Å². The molecule has 0 amide bonds. The van der Waals surface area contributed by atoms with E-state index in [9.17, 15) is 8.42 Å². The molecule has 1 aromatic heterocycles. The monoisotopic (exact) mass is 329 g/mol. The van der Waals surface area contributed by atoms with Crippen LogP contribution in [0, 0.1) is 24.7 Å². The van der Waals surface area contributed by atoms with Crippen LogP contribution in [0.2, 0.25) is 0 Å². The Labute approximate surface area is 130 Å². The maximum atomic E-state index is 12.6. The molecule has 6 heteroatoms. The minimum Gasteiger partial charge on any atom is -0.391 e. The lowest BCUT2D eigenvalue weighted by Gasteiger charge is -2.28. The molecule has 3 rings (SSSR count). The largest absolute Gasteiger partial charge is 0.391 e. The van der Waals surface area contributed by atoms with Gasteiger partial charge in [0, 0.05) is 15.8 Å². The number of aliphatic hydroxyl groups is 1. The minimum atomic E-state index is -3.48. The number of sulfonamides is 1. The van der Waals surface area contributed by atoms with Gasteiger partial charge in [0.05, 0.1) is 11.5 Å². The van der Waals surface area contributed by atoms with Crippen molar-refractivity contribution in [3.63, 3.8) is 0 Å². The zero-order chi connectivity index (χ0) is 15.2. The van der Waals surface area contributed by atoms with Gasteiger partial charge in [-0.25, -0.2) is 13.1 Å². The third kappa shape index (κ3) is 2.91. The van der Waals surface area contributed by atoms with Crippen LogP contribution in [-0.4, -0.2) is 19.6 Å². The third-order valence-electron chi connectivity index (χ3n) is 5.14. The van der Waals surface area contributed by atoms with Crippen molar-refractivity contribution in [1.29, 1.82) is 0 Å². The molecule has 2 aliphatic rings. The highest BCUT2D eigenvalue weighted by atomic mass is 32.2. The summed E-state index contributed by atoms with van der Waals surface area (Å²) >= 11 is 1.34. The van der Waals surface area contributed by atoms with Crippen molar-refractivity contribution in [2.75, 3.05) is 0 Å². The first-order chi connectivity index (χ1) is 9.90. The predicted octanol–water partition coefficient (Wildman–Crippen LogP) is 2.65. The van der Waals surface area contributed by atoms with Crippen LogP contribution in [0.25, 0.3) is 0 Å². The van der Waals surface area contributed by atoms with Crippen molar-refractivity contribution in [2.45, 2.75) is 57.1 Å². The van der Waals surface area contributed by atoms with Crippen LogP contribution >= 0.6 is 11.3 Å². The summed E-state index contributed by atoms with van der Waals surface area (Å²) in [6, 6.07) is 1.58. The number of aryl methyl sites for hydroxylation is 1. The van der Waals surface area contributed by atoms with Crippen molar-refractivity contribution in [1.82, 2.24) is 4.72 Å². The molecule has 2 bridgehead atoms. The Morgan fingerprint density at radius 2 is 2.19 bits per heavy atom. The molecule has 4 unspecified atom stereocenters. The fourth-order valence-corrected chi connectivity index (χ4v) is 6.96. The Bertz CT molecular complexity index is 623. The standard InChI is InChI=1S/C15H23NO3S2/c1-9(14-6-11-3-4-12(14)5-11)16-21(18,19)15-7-13(8-17)20-10(15)2/h7,9,11-12,14,16-17H,3-6,8H2,1-2H3. The van der Waals surface area contributed by atoms with Crippen LogP contribution < -0.4 is 4.72 Å². The Kier molecular flexibility index (Phi) is 4.16. The van der Waals surface area contributed by atoms with Gasteiger partial charge in [-0.1, -0.05) is 6.42 Å². The zero-order valence-electron chi connectivity index (χ0n) is 12.5. The first kappa shape index (κ1) is 15.5. The molecule has 4 atom stereocenters. The summed E-state index contributed by atoms with van der Waals surface area (Å²) in [6.45, 7) is 3.68. The molecule has 2 saturated carbocycles. The normalized spacial score (nSPS) is 30.0. The van der Waals surface area contributed by atoms with Crippen LogP contribution in [-0.2, 0) is 16.6 Å². The summed E-state index contributed by atoms with van der Waals surface area (Å²) in [5, 5.41) is 9.16. The lowest BCUT2D eigenvalue weighted by molar-refractivity contribution is 0.280. The predicted molar refractivity (Wildman–Crippen MR) is 83.7 cm³/mol. The smallest absolute Gasteiger partial charge is 0.241 e. The second kappa shape index (κ2) is 5.65. The van der Waals surface area contributed by atoms with Gasteiger partial charge in [-0.3, -0.25) is 0 Å². The van der Waals surface area contributed by atoms with Crippen LogP contribution in [0.1, 0.15) is 42.4 Å². The molecule has 0 saturated heterocycles. The molecule has 2 N–H and O–H groups in total. The average Bonchev–Trinajstić information content (AvgIpc) is 3.12. The van der Waals surface area contributed by atoms with Gasteiger partial charge in [0.15, 0.2) is 0 Å². The first-order valence-corrected chi connectivity index (χ1v) is 9.93. The molecule has 1 aromatic rings. The second-order valence-electron chi connectivity index (χ2n) is 6.54. The quantitative estimate of drug-likeness (QED) is 0.873. The van der Waals surface area contributed by atoms with E-state index >= 15 is 0 Å². The van der Waals surface area contributed by atoms with Crippen molar-refractivity contribution in [3.8, 4) is 0 Å². The molecule has 0 spiro atoms. The number of thiophene rings is 1. The van der Waals surface area contributed by atoms with E-state index in [1.54, 1.807) is 13.0 Å². The maximum Gasteiger partial charge on any atom is 0.241 e. The second-order valence-corrected chi connectivity index (χ2v) is 9.56. The van der Waals surface area contributed by atoms with Crippen molar-refractivity contribution >= 4 is 21.4 Å². The fourth-order valence-electron chi connectivity index (χ4n) is 4.17. The summed E-state index contributed by atoms with van der Waals surface area (Å²) < 4.78 is 28.0. The highest BCUT2D eigenvalue weighted by molar-refractivity contribution is 7.89. The molecule has 0 aromatic carbocycles. The summed E-state index contributed by atoms with van der Waals surface area (Å²) in [5.41, 5.74) is 0. The molecular weight excluding hydrogens is 306 g/mol. The van der Waals surface area contributed by atoms with E-state index in [1.807, 2.05) is 6.92 Å². The van der Waals surface area contributed by atoms with Gasteiger partial charge in [-0.05, 0) is 56.9 Å². The van der Waals surface area contributed by atoms with Gasteiger partial charge in [-0.2, -0.15) is 0 Å². The highest BCUT2D eigenvalue weighted by Gasteiger charge is 2.42. The van der Waals surface area contributed by atoms with Gasteiger partial charge >= 0.3 is 0 Å². The maximum absolute atomic E-state index is 12.6. The number of rotatable bonds is 5. The fraction of sp³-hybridized carbons (Fsp3) is 0.733. The zero-order valence-corrected chi connectivity index (χ0v) is 14.1. The SMILES string of the molecule is Cc1sc(CO)cc1S(=O)(=O)NC(C)C1CC2CCC1C2. The highest BCUT2D eigenvalue weighted by Crippen LogP contribution is 2.49. The molecule has 1 heterocycles. The summed E-state index contributed by atoms with van der Waals surface area (Å²) in [4.78, 5) is 1.76. The van der Waals surface area contributed by atoms with Gasteiger partial charge in [0.2, 0.25) is 10.0 Å². The van der Waals surface area contributed by atoms with Crippen molar-refractivity contribution in [2.24, 2.45) is 17.8 Å². The number of hydrogen-bond acceptors (Lipinski definition) is 4. The summed E-state index contributed by atoms with van der Waals surface area (Å²) in [5.74, 6) is 2.00. The average molecular weight is 329 g/mol. The molecule has 2 fully saturated rings.